The van der Waals surface area contributed by atoms with Crippen LogP contribution in [0.15, 0.2) is 18.2 Å². The third-order valence-corrected chi connectivity index (χ3v) is 2.49. The Bertz CT molecular complexity index is 344. The van der Waals surface area contributed by atoms with Gasteiger partial charge in [0.05, 0.1) is 10.7 Å². The number of benzene rings is 1. The molecule has 0 saturated heterocycles. The number of rotatable bonds is 3. The molecule has 0 aliphatic heterocycles. The highest BCUT2D eigenvalue weighted by Crippen LogP contribution is 2.25. The van der Waals surface area contributed by atoms with Crippen LogP contribution < -0.4 is 5.32 Å². The molecule has 2 nitrogen and oxygen atoms in total. The predicted molar refractivity (Wildman–Crippen MR) is 63.5 cm³/mol. The van der Waals surface area contributed by atoms with E-state index in [4.69, 9.17) is 23.2 Å². The molecule has 0 aliphatic carbocycles. The van der Waals surface area contributed by atoms with Crippen LogP contribution in [0, 0.1) is 0 Å². The number of nitrogens with one attached hydrogen (secondary N) is 1. The van der Waals surface area contributed by atoms with Gasteiger partial charge in [0.1, 0.15) is 0 Å². The lowest BCUT2D eigenvalue weighted by Crippen LogP contribution is -2.11. The molecule has 0 atom stereocenters. The van der Waals surface area contributed by atoms with Gasteiger partial charge >= 0.3 is 0 Å². The second kappa shape index (κ2) is 5.59. The van der Waals surface area contributed by atoms with Crippen molar-refractivity contribution in [3.63, 3.8) is 0 Å². The SMILES string of the molecule is O=C(CCBr)Nc1cc(Cl)ccc1Cl. The number of amides is 1. The largest absolute Gasteiger partial charge is 0.325 e. The number of hydrogen-bond donors (Lipinski definition) is 1. The first kappa shape index (κ1) is 11.8. The highest BCUT2D eigenvalue weighted by Gasteiger charge is 2.05. The summed E-state index contributed by atoms with van der Waals surface area (Å²) in [4.78, 5) is 11.2. The zero-order valence-electron chi connectivity index (χ0n) is 7.19. The van der Waals surface area contributed by atoms with Gasteiger partial charge in [-0.2, -0.15) is 0 Å². The molecule has 0 aromatic heterocycles. The maximum Gasteiger partial charge on any atom is 0.225 e. The topological polar surface area (TPSA) is 29.1 Å². The van der Waals surface area contributed by atoms with Crippen molar-refractivity contribution in [2.24, 2.45) is 0 Å². The van der Waals surface area contributed by atoms with Crippen LogP contribution in [0.4, 0.5) is 5.69 Å². The van der Waals surface area contributed by atoms with Gasteiger partial charge in [0.25, 0.3) is 0 Å². The Morgan fingerprint density at radius 1 is 1.43 bits per heavy atom. The minimum Gasteiger partial charge on any atom is -0.325 e. The molecule has 0 unspecified atom stereocenters. The second-order valence-electron chi connectivity index (χ2n) is 2.61. The third kappa shape index (κ3) is 3.48. The fourth-order valence-corrected chi connectivity index (χ4v) is 1.59. The molecule has 14 heavy (non-hydrogen) atoms. The second-order valence-corrected chi connectivity index (χ2v) is 4.25. The zero-order chi connectivity index (χ0) is 10.6. The van der Waals surface area contributed by atoms with Gasteiger partial charge in [0.15, 0.2) is 0 Å². The van der Waals surface area contributed by atoms with Gasteiger partial charge in [-0.05, 0) is 18.2 Å². The van der Waals surface area contributed by atoms with Crippen molar-refractivity contribution in [3.8, 4) is 0 Å². The Hall–Kier alpha value is -0.250. The van der Waals surface area contributed by atoms with E-state index in [-0.39, 0.29) is 5.91 Å². The minimum atomic E-state index is -0.0916. The molecule has 0 fully saturated rings. The lowest BCUT2D eigenvalue weighted by molar-refractivity contribution is -0.115. The monoisotopic (exact) mass is 295 g/mol. The molecule has 1 amide bonds. The quantitative estimate of drug-likeness (QED) is 0.846. The molecule has 5 heteroatoms. The van der Waals surface area contributed by atoms with Crippen LogP contribution in [0.2, 0.25) is 10.0 Å². The lowest BCUT2D eigenvalue weighted by atomic mass is 10.3. The number of anilines is 1. The molecule has 0 saturated carbocycles. The van der Waals surface area contributed by atoms with Crippen molar-refractivity contribution in [3.05, 3.63) is 28.2 Å². The maximum absolute atomic E-state index is 11.2. The normalized spacial score (nSPS) is 9.93. The van der Waals surface area contributed by atoms with Crippen molar-refractivity contribution in [1.29, 1.82) is 0 Å². The van der Waals surface area contributed by atoms with E-state index in [1.165, 1.54) is 0 Å². The Labute approximate surface area is 101 Å². The van der Waals surface area contributed by atoms with Gasteiger partial charge in [-0.15, -0.1) is 0 Å². The number of hydrogen-bond acceptors (Lipinski definition) is 1. The summed E-state index contributed by atoms with van der Waals surface area (Å²) in [5.41, 5.74) is 0.546. The van der Waals surface area contributed by atoms with E-state index in [9.17, 15) is 4.79 Å². The molecule has 76 valence electrons. The van der Waals surface area contributed by atoms with E-state index < -0.39 is 0 Å². The summed E-state index contributed by atoms with van der Waals surface area (Å²) in [6.45, 7) is 0. The smallest absolute Gasteiger partial charge is 0.225 e. The Balaban J connectivity index is 2.75. The van der Waals surface area contributed by atoms with E-state index >= 15 is 0 Å². The van der Waals surface area contributed by atoms with Gasteiger partial charge in [-0.25, -0.2) is 0 Å². The van der Waals surface area contributed by atoms with Crippen molar-refractivity contribution in [2.45, 2.75) is 6.42 Å². The number of halogens is 3. The van der Waals surface area contributed by atoms with E-state index in [1.807, 2.05) is 0 Å². The molecule has 0 spiro atoms. The zero-order valence-corrected chi connectivity index (χ0v) is 10.3. The summed E-state index contributed by atoms with van der Waals surface area (Å²) in [6.07, 6.45) is 0.406. The van der Waals surface area contributed by atoms with E-state index in [0.29, 0.717) is 27.5 Å². The summed E-state index contributed by atoms with van der Waals surface area (Å²) < 4.78 is 0. The van der Waals surface area contributed by atoms with Crippen LogP contribution in [-0.2, 0) is 4.79 Å². The fourth-order valence-electron chi connectivity index (χ4n) is 0.892. The molecule has 1 aromatic carbocycles. The molecule has 0 bridgehead atoms. The number of carbonyl (C=O) groups is 1. The van der Waals surface area contributed by atoms with Crippen LogP contribution >= 0.6 is 39.1 Å². The molecular formula is C9H8BrCl2NO. The average Bonchev–Trinajstić information content (AvgIpc) is 2.12. The molecule has 0 radical (unpaired) electrons. The van der Waals surface area contributed by atoms with Gasteiger partial charge in [-0.3, -0.25) is 4.79 Å². The Morgan fingerprint density at radius 3 is 2.79 bits per heavy atom. The van der Waals surface area contributed by atoms with Gasteiger partial charge in [0.2, 0.25) is 5.91 Å². The van der Waals surface area contributed by atoms with Crippen LogP contribution in [0.5, 0.6) is 0 Å². The highest BCUT2D eigenvalue weighted by molar-refractivity contribution is 9.09. The van der Waals surface area contributed by atoms with E-state index in [1.54, 1.807) is 18.2 Å². The predicted octanol–water partition coefficient (Wildman–Crippen LogP) is 3.72. The summed E-state index contributed by atoms with van der Waals surface area (Å²) in [7, 11) is 0. The van der Waals surface area contributed by atoms with Crippen molar-refractivity contribution in [2.75, 3.05) is 10.6 Å². The molecule has 1 aromatic rings. The van der Waals surface area contributed by atoms with Crippen molar-refractivity contribution >= 4 is 50.7 Å². The summed E-state index contributed by atoms with van der Waals surface area (Å²) in [5.74, 6) is -0.0916. The van der Waals surface area contributed by atoms with Gasteiger partial charge in [-0.1, -0.05) is 39.1 Å². The highest BCUT2D eigenvalue weighted by atomic mass is 79.9. The van der Waals surface area contributed by atoms with Crippen LogP contribution in [0.3, 0.4) is 0 Å². The van der Waals surface area contributed by atoms with Crippen LogP contribution in [0.1, 0.15) is 6.42 Å². The molecule has 1 N–H and O–H groups in total. The third-order valence-electron chi connectivity index (χ3n) is 1.52. The average molecular weight is 297 g/mol. The first-order valence-electron chi connectivity index (χ1n) is 3.94. The van der Waals surface area contributed by atoms with Crippen LogP contribution in [-0.4, -0.2) is 11.2 Å². The van der Waals surface area contributed by atoms with Gasteiger partial charge < -0.3 is 5.32 Å². The van der Waals surface area contributed by atoms with Crippen LogP contribution in [0.25, 0.3) is 0 Å². The van der Waals surface area contributed by atoms with Crippen molar-refractivity contribution < 1.29 is 4.79 Å². The van der Waals surface area contributed by atoms with E-state index in [2.05, 4.69) is 21.2 Å². The molecular weight excluding hydrogens is 289 g/mol. The summed E-state index contributed by atoms with van der Waals surface area (Å²) in [5, 5.41) is 4.32. The standard InChI is InChI=1S/C9H8BrCl2NO/c10-4-3-9(14)13-8-5-6(11)1-2-7(8)12/h1-2,5H,3-4H2,(H,13,14). The maximum atomic E-state index is 11.2. The lowest BCUT2D eigenvalue weighted by Gasteiger charge is -2.06. The first-order chi connectivity index (χ1) is 6.63. The fraction of sp³-hybridized carbons (Fsp3) is 0.222. The Kier molecular flexibility index (Phi) is 4.72. The number of carbonyl (C=O) groups excluding carboxylic acids is 1. The van der Waals surface area contributed by atoms with E-state index in [0.717, 1.165) is 0 Å². The molecule has 0 heterocycles. The molecule has 0 aliphatic rings. The van der Waals surface area contributed by atoms with Crippen molar-refractivity contribution in [1.82, 2.24) is 0 Å². The van der Waals surface area contributed by atoms with Gasteiger partial charge in [0, 0.05) is 16.8 Å². The number of alkyl halides is 1. The molecule has 1 rings (SSSR count). The summed E-state index contributed by atoms with van der Waals surface area (Å²) >= 11 is 14.8. The Morgan fingerprint density at radius 2 is 2.14 bits per heavy atom. The first-order valence-corrected chi connectivity index (χ1v) is 5.82. The summed E-state index contributed by atoms with van der Waals surface area (Å²) in [6, 6.07) is 4.94. The minimum absolute atomic E-state index is 0.0916.